The SMILES string of the molecule is CCn1cc(Cn2c(C)ncc(Br)c2=O)cn1. The van der Waals surface area contributed by atoms with Gasteiger partial charge in [-0.25, -0.2) is 4.98 Å². The van der Waals surface area contributed by atoms with E-state index in [0.29, 0.717) is 16.8 Å². The first-order valence-electron chi connectivity index (χ1n) is 5.35. The van der Waals surface area contributed by atoms with Crippen LogP contribution in [0.2, 0.25) is 0 Å². The van der Waals surface area contributed by atoms with Gasteiger partial charge in [-0.2, -0.15) is 5.10 Å². The van der Waals surface area contributed by atoms with Crippen molar-refractivity contribution in [1.29, 1.82) is 0 Å². The molecule has 0 fully saturated rings. The van der Waals surface area contributed by atoms with Gasteiger partial charge in [-0.1, -0.05) is 0 Å². The maximum atomic E-state index is 11.9. The van der Waals surface area contributed by atoms with Crippen LogP contribution in [0.1, 0.15) is 18.3 Å². The highest BCUT2D eigenvalue weighted by atomic mass is 79.9. The van der Waals surface area contributed by atoms with Gasteiger partial charge in [0.25, 0.3) is 5.56 Å². The van der Waals surface area contributed by atoms with Crippen LogP contribution < -0.4 is 5.56 Å². The highest BCUT2D eigenvalue weighted by molar-refractivity contribution is 9.10. The summed E-state index contributed by atoms with van der Waals surface area (Å²) in [6.45, 7) is 5.16. The van der Waals surface area contributed by atoms with E-state index in [1.807, 2.05) is 24.7 Å². The Morgan fingerprint density at radius 3 is 2.82 bits per heavy atom. The Morgan fingerprint density at radius 2 is 2.18 bits per heavy atom. The van der Waals surface area contributed by atoms with Gasteiger partial charge >= 0.3 is 0 Å². The molecule has 0 aromatic carbocycles. The molecule has 90 valence electrons. The summed E-state index contributed by atoms with van der Waals surface area (Å²) in [6, 6.07) is 0. The Morgan fingerprint density at radius 1 is 1.41 bits per heavy atom. The van der Waals surface area contributed by atoms with Gasteiger partial charge in [-0.05, 0) is 29.8 Å². The molecular weight excluding hydrogens is 284 g/mol. The van der Waals surface area contributed by atoms with Crippen LogP contribution in [0.15, 0.2) is 27.9 Å². The molecule has 2 rings (SSSR count). The van der Waals surface area contributed by atoms with E-state index >= 15 is 0 Å². The molecule has 0 aliphatic carbocycles. The molecule has 0 aliphatic rings. The second-order valence-corrected chi connectivity index (χ2v) is 4.60. The number of rotatable bonds is 3. The Balaban J connectivity index is 2.36. The van der Waals surface area contributed by atoms with Crippen LogP contribution in [0.3, 0.4) is 0 Å². The molecule has 0 saturated heterocycles. The van der Waals surface area contributed by atoms with Crippen LogP contribution in [0.4, 0.5) is 0 Å². The van der Waals surface area contributed by atoms with Crippen LogP contribution in [0.25, 0.3) is 0 Å². The summed E-state index contributed by atoms with van der Waals surface area (Å²) < 4.78 is 3.94. The number of hydrogen-bond acceptors (Lipinski definition) is 3. The molecule has 5 nitrogen and oxygen atoms in total. The average Bonchev–Trinajstić information content (AvgIpc) is 2.77. The molecule has 0 amide bonds. The third-order valence-corrected chi connectivity index (χ3v) is 3.10. The Labute approximate surface area is 107 Å². The molecule has 0 saturated carbocycles. The van der Waals surface area contributed by atoms with E-state index in [1.165, 1.54) is 6.20 Å². The average molecular weight is 297 g/mol. The summed E-state index contributed by atoms with van der Waals surface area (Å²) in [4.78, 5) is 16.1. The normalized spacial score (nSPS) is 10.8. The predicted molar refractivity (Wildman–Crippen MR) is 67.9 cm³/mol. The lowest BCUT2D eigenvalue weighted by molar-refractivity contribution is 0.656. The lowest BCUT2D eigenvalue weighted by atomic mass is 10.3. The number of aryl methyl sites for hydroxylation is 2. The van der Waals surface area contributed by atoms with Gasteiger partial charge < -0.3 is 0 Å². The van der Waals surface area contributed by atoms with Crippen LogP contribution in [0, 0.1) is 6.92 Å². The lowest BCUT2D eigenvalue weighted by Crippen LogP contribution is -2.24. The second kappa shape index (κ2) is 4.83. The van der Waals surface area contributed by atoms with E-state index < -0.39 is 0 Å². The quantitative estimate of drug-likeness (QED) is 0.864. The molecule has 0 atom stereocenters. The fourth-order valence-electron chi connectivity index (χ4n) is 1.58. The number of nitrogens with zero attached hydrogens (tertiary/aromatic N) is 4. The van der Waals surface area contributed by atoms with Crippen molar-refractivity contribution in [2.75, 3.05) is 0 Å². The summed E-state index contributed by atoms with van der Waals surface area (Å²) in [5, 5.41) is 4.18. The minimum Gasteiger partial charge on any atom is -0.291 e. The van der Waals surface area contributed by atoms with E-state index in [-0.39, 0.29) is 5.56 Å². The van der Waals surface area contributed by atoms with Gasteiger partial charge in [0.15, 0.2) is 0 Å². The summed E-state index contributed by atoms with van der Waals surface area (Å²) in [7, 11) is 0. The first-order valence-corrected chi connectivity index (χ1v) is 6.14. The topological polar surface area (TPSA) is 52.7 Å². The molecule has 0 unspecified atom stereocenters. The molecule has 0 bridgehead atoms. The molecule has 0 spiro atoms. The Bertz CT molecular complexity index is 587. The van der Waals surface area contributed by atoms with Gasteiger partial charge in [-0.15, -0.1) is 0 Å². The third-order valence-electron chi connectivity index (χ3n) is 2.56. The van der Waals surface area contributed by atoms with Crippen molar-refractivity contribution in [3.8, 4) is 0 Å². The first-order chi connectivity index (χ1) is 8.11. The zero-order valence-corrected chi connectivity index (χ0v) is 11.3. The summed E-state index contributed by atoms with van der Waals surface area (Å²) in [6.07, 6.45) is 5.24. The van der Waals surface area contributed by atoms with E-state index in [2.05, 4.69) is 26.0 Å². The summed E-state index contributed by atoms with van der Waals surface area (Å²) >= 11 is 3.20. The first kappa shape index (κ1) is 12.0. The van der Waals surface area contributed by atoms with Crippen molar-refractivity contribution >= 4 is 15.9 Å². The van der Waals surface area contributed by atoms with Gasteiger partial charge in [0.1, 0.15) is 10.3 Å². The fraction of sp³-hybridized carbons (Fsp3) is 0.364. The van der Waals surface area contributed by atoms with Gasteiger partial charge in [0.05, 0.1) is 12.7 Å². The zero-order valence-electron chi connectivity index (χ0n) is 9.72. The molecule has 6 heteroatoms. The maximum absolute atomic E-state index is 11.9. The molecule has 0 aliphatic heterocycles. The minimum atomic E-state index is -0.0678. The van der Waals surface area contributed by atoms with Crippen molar-refractivity contribution in [2.24, 2.45) is 0 Å². The van der Waals surface area contributed by atoms with Crippen molar-refractivity contribution in [2.45, 2.75) is 26.9 Å². The zero-order chi connectivity index (χ0) is 12.4. The third kappa shape index (κ3) is 2.46. The van der Waals surface area contributed by atoms with Crippen LogP contribution >= 0.6 is 15.9 Å². The Hall–Kier alpha value is -1.43. The second-order valence-electron chi connectivity index (χ2n) is 3.75. The van der Waals surface area contributed by atoms with Gasteiger partial charge in [0, 0.05) is 24.5 Å². The number of aromatic nitrogens is 4. The van der Waals surface area contributed by atoms with Crippen LogP contribution in [0.5, 0.6) is 0 Å². The highest BCUT2D eigenvalue weighted by Crippen LogP contribution is 2.05. The standard InChI is InChI=1S/C11H13BrN4O/c1-3-15-6-9(4-14-15)7-16-8(2)13-5-10(12)11(16)17/h4-6H,3,7H2,1-2H3. The predicted octanol–water partition coefficient (Wildman–Crippen LogP) is 1.58. The maximum Gasteiger partial charge on any atom is 0.268 e. The Kier molecular flexibility index (Phi) is 3.42. The molecule has 17 heavy (non-hydrogen) atoms. The van der Waals surface area contributed by atoms with Gasteiger partial charge in [0.2, 0.25) is 0 Å². The largest absolute Gasteiger partial charge is 0.291 e. The van der Waals surface area contributed by atoms with Crippen molar-refractivity contribution in [3.05, 3.63) is 44.8 Å². The van der Waals surface area contributed by atoms with Crippen LogP contribution in [-0.4, -0.2) is 19.3 Å². The van der Waals surface area contributed by atoms with Crippen molar-refractivity contribution in [1.82, 2.24) is 19.3 Å². The monoisotopic (exact) mass is 296 g/mol. The minimum absolute atomic E-state index is 0.0678. The van der Waals surface area contributed by atoms with E-state index in [4.69, 9.17) is 0 Å². The molecule has 0 N–H and O–H groups in total. The fourth-order valence-corrected chi connectivity index (χ4v) is 1.90. The molecular formula is C11H13BrN4O. The molecule has 2 heterocycles. The van der Waals surface area contributed by atoms with E-state index in [0.717, 1.165) is 12.1 Å². The summed E-state index contributed by atoms with van der Waals surface area (Å²) in [5.41, 5.74) is 0.929. The van der Waals surface area contributed by atoms with Crippen molar-refractivity contribution < 1.29 is 0 Å². The number of hydrogen-bond donors (Lipinski definition) is 0. The highest BCUT2D eigenvalue weighted by Gasteiger charge is 2.07. The molecule has 2 aromatic heterocycles. The lowest BCUT2D eigenvalue weighted by Gasteiger charge is -2.07. The number of halogens is 1. The molecule has 2 aromatic rings. The van der Waals surface area contributed by atoms with E-state index in [9.17, 15) is 4.79 Å². The van der Waals surface area contributed by atoms with Gasteiger partial charge in [-0.3, -0.25) is 14.0 Å². The van der Waals surface area contributed by atoms with Crippen LogP contribution in [-0.2, 0) is 13.1 Å². The van der Waals surface area contributed by atoms with Crippen molar-refractivity contribution in [3.63, 3.8) is 0 Å². The smallest absolute Gasteiger partial charge is 0.268 e. The summed E-state index contributed by atoms with van der Waals surface area (Å²) in [5.74, 6) is 0.697. The molecule has 0 radical (unpaired) electrons. The van der Waals surface area contributed by atoms with E-state index in [1.54, 1.807) is 10.8 Å².